The Labute approximate surface area is 107 Å². The van der Waals surface area contributed by atoms with Gasteiger partial charge in [-0.05, 0) is 18.6 Å². The predicted octanol–water partition coefficient (Wildman–Crippen LogP) is 1.20. The maximum absolute atomic E-state index is 12.1. The van der Waals surface area contributed by atoms with E-state index in [-0.39, 0.29) is 18.6 Å². The van der Waals surface area contributed by atoms with Crippen molar-refractivity contribution in [2.75, 3.05) is 20.8 Å². The Morgan fingerprint density at radius 1 is 1.39 bits per heavy atom. The molecule has 1 aromatic rings. The second-order valence-corrected chi connectivity index (χ2v) is 3.80. The van der Waals surface area contributed by atoms with Crippen molar-refractivity contribution in [1.82, 2.24) is 5.32 Å². The Morgan fingerprint density at radius 2 is 2.11 bits per heavy atom. The molecule has 1 aromatic carbocycles. The highest BCUT2D eigenvalue weighted by molar-refractivity contribution is 5.98. The molecule has 1 amide bonds. The molecular formula is C13H19NO4. The minimum Gasteiger partial charge on any atom is -0.493 e. The van der Waals surface area contributed by atoms with E-state index in [0.717, 1.165) is 0 Å². The molecule has 0 aliphatic carbocycles. The molecule has 0 aromatic heterocycles. The van der Waals surface area contributed by atoms with Crippen molar-refractivity contribution >= 4 is 5.91 Å². The standard InChI is InChI=1S/C13H19NO4/c1-4-9(8-15)14-13(16)10-6-5-7-11(17-2)12(10)18-3/h5-7,9,15H,4,8H2,1-3H3,(H,14,16)/t9-/m0/s1. The fraction of sp³-hybridized carbons (Fsp3) is 0.462. The number of hydrogen-bond acceptors (Lipinski definition) is 4. The second kappa shape index (κ2) is 6.86. The van der Waals surface area contributed by atoms with Crippen LogP contribution in [0.1, 0.15) is 23.7 Å². The molecule has 0 fully saturated rings. The van der Waals surface area contributed by atoms with Gasteiger partial charge in [0.2, 0.25) is 0 Å². The number of rotatable bonds is 6. The smallest absolute Gasteiger partial charge is 0.255 e. The van der Waals surface area contributed by atoms with Crippen molar-refractivity contribution in [3.05, 3.63) is 23.8 Å². The summed E-state index contributed by atoms with van der Waals surface area (Å²) >= 11 is 0. The molecule has 0 aliphatic rings. The summed E-state index contributed by atoms with van der Waals surface area (Å²) in [6.07, 6.45) is 0.661. The van der Waals surface area contributed by atoms with Crippen LogP contribution >= 0.6 is 0 Å². The van der Waals surface area contributed by atoms with Crippen LogP contribution in [0.25, 0.3) is 0 Å². The van der Waals surface area contributed by atoms with E-state index in [9.17, 15) is 4.79 Å². The zero-order chi connectivity index (χ0) is 13.5. The van der Waals surface area contributed by atoms with E-state index in [1.165, 1.54) is 14.2 Å². The van der Waals surface area contributed by atoms with Gasteiger partial charge in [0.15, 0.2) is 11.5 Å². The predicted molar refractivity (Wildman–Crippen MR) is 68.2 cm³/mol. The molecule has 0 aliphatic heterocycles. The number of benzene rings is 1. The van der Waals surface area contributed by atoms with Crippen LogP contribution in [0.3, 0.4) is 0 Å². The van der Waals surface area contributed by atoms with Gasteiger partial charge in [0.05, 0.1) is 32.4 Å². The van der Waals surface area contributed by atoms with Crippen LogP contribution in [0.4, 0.5) is 0 Å². The Hall–Kier alpha value is -1.75. The molecule has 0 heterocycles. The fourth-order valence-corrected chi connectivity index (χ4v) is 1.61. The third kappa shape index (κ3) is 3.13. The van der Waals surface area contributed by atoms with Crippen LogP contribution in [0.5, 0.6) is 11.5 Å². The largest absolute Gasteiger partial charge is 0.493 e. The van der Waals surface area contributed by atoms with Crippen molar-refractivity contribution in [1.29, 1.82) is 0 Å². The van der Waals surface area contributed by atoms with Crippen molar-refractivity contribution in [3.8, 4) is 11.5 Å². The lowest BCUT2D eigenvalue weighted by atomic mass is 10.1. The first-order chi connectivity index (χ1) is 8.67. The summed E-state index contributed by atoms with van der Waals surface area (Å²) in [4.78, 5) is 12.1. The molecule has 0 radical (unpaired) electrons. The molecule has 2 N–H and O–H groups in total. The van der Waals surface area contributed by atoms with Gasteiger partial charge in [0.25, 0.3) is 5.91 Å². The number of aliphatic hydroxyl groups is 1. The molecule has 0 bridgehead atoms. The van der Waals surface area contributed by atoms with Crippen molar-refractivity contribution in [3.63, 3.8) is 0 Å². The van der Waals surface area contributed by atoms with Crippen LogP contribution in [-0.4, -0.2) is 37.9 Å². The maximum Gasteiger partial charge on any atom is 0.255 e. The Bertz CT molecular complexity index is 402. The van der Waals surface area contributed by atoms with Gasteiger partial charge in [0.1, 0.15) is 0 Å². The number of nitrogens with one attached hydrogen (secondary N) is 1. The quantitative estimate of drug-likeness (QED) is 0.799. The van der Waals surface area contributed by atoms with E-state index >= 15 is 0 Å². The summed E-state index contributed by atoms with van der Waals surface area (Å²) in [5.41, 5.74) is 0.392. The number of hydrogen-bond donors (Lipinski definition) is 2. The molecule has 1 rings (SSSR count). The van der Waals surface area contributed by atoms with Crippen LogP contribution in [-0.2, 0) is 0 Å². The minimum absolute atomic E-state index is 0.0888. The van der Waals surface area contributed by atoms with E-state index in [1.54, 1.807) is 18.2 Å². The number of aliphatic hydroxyl groups excluding tert-OH is 1. The van der Waals surface area contributed by atoms with Crippen molar-refractivity contribution in [2.45, 2.75) is 19.4 Å². The topological polar surface area (TPSA) is 67.8 Å². The van der Waals surface area contributed by atoms with Gasteiger partial charge >= 0.3 is 0 Å². The molecule has 0 spiro atoms. The first-order valence-corrected chi connectivity index (χ1v) is 5.80. The lowest BCUT2D eigenvalue weighted by molar-refractivity contribution is 0.0911. The monoisotopic (exact) mass is 253 g/mol. The van der Waals surface area contributed by atoms with Gasteiger partial charge in [0, 0.05) is 0 Å². The average Bonchev–Trinajstić information content (AvgIpc) is 2.43. The molecule has 5 heteroatoms. The number of methoxy groups -OCH3 is 2. The number of carbonyl (C=O) groups is 1. The maximum atomic E-state index is 12.1. The summed E-state index contributed by atoms with van der Waals surface area (Å²) in [5.74, 6) is 0.610. The van der Waals surface area contributed by atoms with Gasteiger partial charge < -0.3 is 19.9 Å². The van der Waals surface area contributed by atoms with Crippen LogP contribution in [0.15, 0.2) is 18.2 Å². The summed E-state index contributed by atoms with van der Waals surface area (Å²) < 4.78 is 10.3. The molecule has 0 saturated carbocycles. The van der Waals surface area contributed by atoms with E-state index in [1.807, 2.05) is 6.92 Å². The molecule has 0 saturated heterocycles. The first kappa shape index (κ1) is 14.3. The summed E-state index contributed by atoms with van der Waals surface area (Å²) in [7, 11) is 3.00. The van der Waals surface area contributed by atoms with E-state index in [2.05, 4.69) is 5.32 Å². The molecule has 5 nitrogen and oxygen atoms in total. The molecule has 18 heavy (non-hydrogen) atoms. The van der Waals surface area contributed by atoms with Crippen molar-refractivity contribution < 1.29 is 19.4 Å². The number of ether oxygens (including phenoxy) is 2. The number of carbonyl (C=O) groups excluding carboxylic acids is 1. The average molecular weight is 253 g/mol. The second-order valence-electron chi connectivity index (χ2n) is 3.80. The van der Waals surface area contributed by atoms with Gasteiger partial charge in [-0.15, -0.1) is 0 Å². The zero-order valence-electron chi connectivity index (χ0n) is 10.9. The normalized spacial score (nSPS) is 11.8. The summed E-state index contributed by atoms with van der Waals surface area (Å²) in [6.45, 7) is 1.80. The molecular weight excluding hydrogens is 234 g/mol. The minimum atomic E-state index is -0.286. The van der Waals surface area contributed by atoms with E-state index in [0.29, 0.717) is 23.5 Å². The van der Waals surface area contributed by atoms with Crippen LogP contribution in [0.2, 0.25) is 0 Å². The highest BCUT2D eigenvalue weighted by Crippen LogP contribution is 2.30. The van der Waals surface area contributed by atoms with Gasteiger partial charge in [-0.25, -0.2) is 0 Å². The van der Waals surface area contributed by atoms with Crippen molar-refractivity contribution in [2.24, 2.45) is 0 Å². The third-order valence-corrected chi connectivity index (χ3v) is 2.70. The summed E-state index contributed by atoms with van der Waals surface area (Å²) in [5, 5.41) is 11.8. The number of amides is 1. The SMILES string of the molecule is CC[C@@H](CO)NC(=O)c1cccc(OC)c1OC. The molecule has 0 unspecified atom stereocenters. The van der Waals surface area contributed by atoms with E-state index < -0.39 is 0 Å². The van der Waals surface area contributed by atoms with Crippen LogP contribution in [0, 0.1) is 0 Å². The number of para-hydroxylation sites is 1. The lowest BCUT2D eigenvalue weighted by Crippen LogP contribution is -2.37. The van der Waals surface area contributed by atoms with Gasteiger partial charge in [-0.3, -0.25) is 4.79 Å². The van der Waals surface area contributed by atoms with E-state index in [4.69, 9.17) is 14.6 Å². The van der Waals surface area contributed by atoms with Crippen LogP contribution < -0.4 is 14.8 Å². The Morgan fingerprint density at radius 3 is 2.61 bits per heavy atom. The van der Waals surface area contributed by atoms with Gasteiger partial charge in [-0.2, -0.15) is 0 Å². The molecule has 1 atom stereocenters. The lowest BCUT2D eigenvalue weighted by Gasteiger charge is -2.16. The first-order valence-electron chi connectivity index (χ1n) is 5.80. The Kier molecular flexibility index (Phi) is 5.45. The summed E-state index contributed by atoms with van der Waals surface area (Å²) in [6, 6.07) is 4.84. The zero-order valence-corrected chi connectivity index (χ0v) is 10.9. The highest BCUT2D eigenvalue weighted by Gasteiger charge is 2.18. The third-order valence-electron chi connectivity index (χ3n) is 2.70. The Balaban J connectivity index is 2.98. The molecule has 100 valence electrons. The highest BCUT2D eigenvalue weighted by atomic mass is 16.5. The van der Waals surface area contributed by atoms with Gasteiger partial charge in [-0.1, -0.05) is 13.0 Å². The fourth-order valence-electron chi connectivity index (χ4n) is 1.61.